The third-order valence-corrected chi connectivity index (χ3v) is 7.90. The van der Waals surface area contributed by atoms with Crippen LogP contribution in [-0.4, -0.2) is 53.8 Å². The second-order valence-electron chi connectivity index (χ2n) is 11.0. The first-order valence-corrected chi connectivity index (χ1v) is 13.9. The number of nitrogens with one attached hydrogen (secondary N) is 3. The van der Waals surface area contributed by atoms with Gasteiger partial charge in [-0.1, -0.05) is 6.07 Å². The molecule has 7 nitrogen and oxygen atoms in total. The van der Waals surface area contributed by atoms with Crippen LogP contribution in [-0.2, 0) is 23.6 Å². The summed E-state index contributed by atoms with van der Waals surface area (Å²) in [5.41, 5.74) is -1.88. The Morgan fingerprint density at radius 2 is 1.67 bits per heavy atom. The summed E-state index contributed by atoms with van der Waals surface area (Å²) in [6.07, 6.45) is -9.25. The van der Waals surface area contributed by atoms with E-state index in [1.807, 2.05) is 0 Å². The number of benzene rings is 2. The number of amides is 3. The molecule has 0 aromatic heterocycles. The van der Waals surface area contributed by atoms with Crippen molar-refractivity contribution in [3.8, 4) is 0 Å². The van der Waals surface area contributed by atoms with E-state index in [0.29, 0.717) is 55.5 Å². The molecule has 14 heteroatoms. The Bertz CT molecular complexity index is 1280. The fourth-order valence-electron chi connectivity index (χ4n) is 5.61. The molecule has 0 spiro atoms. The average Bonchev–Trinajstić information content (AvgIpc) is 2.92. The largest absolute Gasteiger partial charge is 0.416 e. The van der Waals surface area contributed by atoms with Gasteiger partial charge in [0, 0.05) is 25.7 Å². The number of aliphatic hydroxyl groups is 1. The molecule has 2 aromatic carbocycles. The molecule has 2 aliphatic heterocycles. The van der Waals surface area contributed by atoms with Crippen LogP contribution in [0.4, 0.5) is 35.5 Å². The highest BCUT2D eigenvalue weighted by Crippen LogP contribution is 2.37. The highest BCUT2D eigenvalue weighted by Gasteiger charge is 2.38. The minimum atomic E-state index is -4.98. The number of hydrogen-bond acceptors (Lipinski definition) is 4. The van der Waals surface area contributed by atoms with E-state index in [4.69, 9.17) is 0 Å². The topological polar surface area (TPSA) is 93.7 Å². The number of likely N-dealkylation sites (tertiary alicyclic amines) is 1. The summed E-state index contributed by atoms with van der Waals surface area (Å²) in [6.45, 7) is 1.96. The van der Waals surface area contributed by atoms with E-state index in [2.05, 4.69) is 16.0 Å². The maximum Gasteiger partial charge on any atom is 0.416 e. The van der Waals surface area contributed by atoms with Gasteiger partial charge >= 0.3 is 18.4 Å². The average molecular weight is 619 g/mol. The van der Waals surface area contributed by atoms with Crippen LogP contribution < -0.4 is 16.0 Å². The summed E-state index contributed by atoms with van der Waals surface area (Å²) in [6, 6.07) is 3.94. The lowest BCUT2D eigenvalue weighted by atomic mass is 9.89. The van der Waals surface area contributed by atoms with Crippen LogP contribution in [0.3, 0.4) is 0 Å². The number of rotatable bonds is 6. The summed E-state index contributed by atoms with van der Waals surface area (Å²) in [4.78, 5) is 27.6. The Labute approximate surface area is 243 Å². The number of aliphatic hydroxyl groups excluding tert-OH is 1. The van der Waals surface area contributed by atoms with Gasteiger partial charge < -0.3 is 20.6 Å². The summed E-state index contributed by atoms with van der Waals surface area (Å²) in [7, 11) is 0. The third kappa shape index (κ3) is 8.37. The summed E-state index contributed by atoms with van der Waals surface area (Å²) in [5.74, 6) is -0.982. The number of piperidine rings is 2. The first-order valence-electron chi connectivity index (χ1n) is 13.9. The lowest BCUT2D eigenvalue weighted by Gasteiger charge is -2.41. The highest BCUT2D eigenvalue weighted by atomic mass is 19.4. The van der Waals surface area contributed by atoms with Crippen molar-refractivity contribution in [3.63, 3.8) is 0 Å². The number of urea groups is 1. The lowest BCUT2D eigenvalue weighted by Crippen LogP contribution is -2.53. The molecule has 0 bridgehead atoms. The SMILES string of the molecule is Cc1cc(F)ccc1[C@H]1C[C@@H](NC(=O)C2CCC(O)NC2)CCN1C(=O)NCCc1cc(C(F)(F)F)cc(C(F)(F)F)c1. The van der Waals surface area contributed by atoms with E-state index >= 15 is 0 Å². The molecule has 236 valence electrons. The molecule has 2 aliphatic rings. The molecule has 4 N–H and O–H groups in total. The zero-order valence-corrected chi connectivity index (χ0v) is 23.3. The van der Waals surface area contributed by atoms with Gasteiger partial charge in [-0.3, -0.25) is 10.1 Å². The monoisotopic (exact) mass is 618 g/mol. The van der Waals surface area contributed by atoms with E-state index in [9.17, 15) is 45.4 Å². The van der Waals surface area contributed by atoms with Crippen molar-refractivity contribution in [2.45, 2.75) is 69.7 Å². The van der Waals surface area contributed by atoms with Crippen LogP contribution in [0.1, 0.15) is 59.5 Å². The van der Waals surface area contributed by atoms with Gasteiger partial charge in [-0.05, 0) is 86.1 Å². The third-order valence-electron chi connectivity index (χ3n) is 7.90. The van der Waals surface area contributed by atoms with E-state index in [1.54, 1.807) is 13.0 Å². The second-order valence-corrected chi connectivity index (χ2v) is 11.0. The van der Waals surface area contributed by atoms with Gasteiger partial charge in [0.05, 0.1) is 23.1 Å². The van der Waals surface area contributed by atoms with E-state index in [1.165, 1.54) is 17.0 Å². The molecular formula is C29H33F7N4O3. The fourth-order valence-corrected chi connectivity index (χ4v) is 5.61. The molecule has 3 amide bonds. The van der Waals surface area contributed by atoms with Gasteiger partial charge in [0.15, 0.2) is 0 Å². The maximum atomic E-state index is 13.9. The highest BCUT2D eigenvalue weighted by molar-refractivity contribution is 5.79. The fraction of sp³-hybridized carbons (Fsp3) is 0.517. The number of nitrogens with zero attached hydrogens (tertiary/aromatic N) is 1. The Hall–Kier alpha value is -3.39. The predicted molar refractivity (Wildman–Crippen MR) is 142 cm³/mol. The first-order chi connectivity index (χ1) is 20.1. The standard InChI is InChI=1S/C29H33F7N4O3/c1-16-10-21(30)3-4-23(16)24-14-22(39-26(42)18-2-5-25(41)38-15-18)7-9-40(24)27(43)37-8-6-17-11-19(28(31,32)33)13-20(12-17)29(34,35)36/h3-4,10-13,18,22,24-25,38,41H,2,5-9,14-15H2,1H3,(H,37,43)(H,39,42)/t18?,22-,24+,25?/m0/s1. The van der Waals surface area contributed by atoms with Gasteiger partial charge in [-0.25, -0.2) is 9.18 Å². The number of carbonyl (C=O) groups is 2. The Morgan fingerprint density at radius 1 is 1.00 bits per heavy atom. The Kier molecular flexibility index (Phi) is 9.90. The molecule has 0 saturated carbocycles. The van der Waals surface area contributed by atoms with Crippen molar-refractivity contribution in [1.82, 2.24) is 20.9 Å². The van der Waals surface area contributed by atoms with Crippen molar-refractivity contribution in [2.24, 2.45) is 5.92 Å². The number of halogens is 7. The summed E-state index contributed by atoms with van der Waals surface area (Å²) in [5, 5.41) is 18.1. The molecule has 2 saturated heterocycles. The molecule has 2 aromatic rings. The summed E-state index contributed by atoms with van der Waals surface area (Å²) >= 11 is 0. The lowest BCUT2D eigenvalue weighted by molar-refractivity contribution is -0.143. The zero-order valence-electron chi connectivity index (χ0n) is 23.3. The van der Waals surface area contributed by atoms with Crippen molar-refractivity contribution >= 4 is 11.9 Å². The molecule has 2 heterocycles. The van der Waals surface area contributed by atoms with Crippen LogP contribution in [0.5, 0.6) is 0 Å². The summed E-state index contributed by atoms with van der Waals surface area (Å²) < 4.78 is 93.2. The number of aryl methyl sites for hydroxylation is 1. The molecule has 4 rings (SSSR count). The van der Waals surface area contributed by atoms with Gasteiger partial charge in [0.2, 0.25) is 5.91 Å². The van der Waals surface area contributed by atoms with Gasteiger partial charge in [0.25, 0.3) is 0 Å². The minimum Gasteiger partial charge on any atom is -0.379 e. The molecule has 43 heavy (non-hydrogen) atoms. The normalized spacial score (nSPS) is 23.1. The molecular weight excluding hydrogens is 585 g/mol. The van der Waals surface area contributed by atoms with Crippen LogP contribution in [0, 0.1) is 18.7 Å². The van der Waals surface area contributed by atoms with Crippen molar-refractivity contribution in [1.29, 1.82) is 0 Å². The molecule has 2 fully saturated rings. The number of alkyl halides is 6. The predicted octanol–water partition coefficient (Wildman–Crippen LogP) is 5.06. The Balaban J connectivity index is 1.46. The van der Waals surface area contributed by atoms with Gasteiger partial charge in [-0.15, -0.1) is 0 Å². The molecule has 0 radical (unpaired) electrons. The van der Waals surface area contributed by atoms with Crippen LogP contribution in [0.2, 0.25) is 0 Å². The molecule has 2 unspecified atom stereocenters. The molecule has 0 aliphatic carbocycles. The van der Waals surface area contributed by atoms with Crippen LogP contribution in [0.25, 0.3) is 0 Å². The quantitative estimate of drug-likeness (QED) is 0.341. The molecule has 4 atom stereocenters. The maximum absolute atomic E-state index is 13.9. The number of carbonyl (C=O) groups excluding carboxylic acids is 2. The van der Waals surface area contributed by atoms with Crippen LogP contribution >= 0.6 is 0 Å². The number of hydrogen-bond donors (Lipinski definition) is 4. The van der Waals surface area contributed by atoms with E-state index in [0.717, 1.165) is 0 Å². The minimum absolute atomic E-state index is 0.0504. The second kappa shape index (κ2) is 13.1. The van der Waals surface area contributed by atoms with Crippen LogP contribution in [0.15, 0.2) is 36.4 Å². The van der Waals surface area contributed by atoms with Gasteiger partial charge in [0.1, 0.15) is 12.0 Å². The van der Waals surface area contributed by atoms with E-state index in [-0.39, 0.29) is 49.0 Å². The first kappa shape index (κ1) is 32.5. The smallest absolute Gasteiger partial charge is 0.379 e. The Morgan fingerprint density at radius 3 is 2.26 bits per heavy atom. The van der Waals surface area contributed by atoms with Crippen molar-refractivity contribution in [2.75, 3.05) is 19.6 Å². The zero-order chi connectivity index (χ0) is 31.5. The van der Waals surface area contributed by atoms with Crippen molar-refractivity contribution in [3.05, 3.63) is 70.0 Å². The van der Waals surface area contributed by atoms with E-state index < -0.39 is 47.6 Å². The van der Waals surface area contributed by atoms with Gasteiger partial charge in [-0.2, -0.15) is 26.3 Å². The van der Waals surface area contributed by atoms with Crippen molar-refractivity contribution < 1.29 is 45.4 Å².